The summed E-state index contributed by atoms with van der Waals surface area (Å²) in [5.41, 5.74) is 4.50. The standard InChI is InChI=1S/C22H28N6O.HI/c1-4-24-22(25-12-11-18-6-5-17(2)21(13-18)29-3)26-14-19-7-9-20(10-8-19)28-16-23-15-27-28;/h5-10,13,15-16H,4,11-12,14H2,1-3H3,(H2,24,25,26);1H. The number of benzene rings is 2. The number of nitrogens with zero attached hydrogens (tertiary/aromatic N) is 4. The van der Waals surface area contributed by atoms with Crippen molar-refractivity contribution < 1.29 is 4.74 Å². The molecule has 0 aliphatic carbocycles. The van der Waals surface area contributed by atoms with Gasteiger partial charge in [-0.3, -0.25) is 0 Å². The zero-order valence-corrected chi connectivity index (χ0v) is 20.0. The number of guanidine groups is 1. The van der Waals surface area contributed by atoms with Crippen molar-refractivity contribution in [2.45, 2.75) is 26.8 Å². The summed E-state index contributed by atoms with van der Waals surface area (Å²) in [6.45, 7) is 6.33. The third-order valence-corrected chi connectivity index (χ3v) is 4.56. The van der Waals surface area contributed by atoms with Crippen LogP contribution in [0, 0.1) is 6.92 Å². The number of aliphatic imine (C=N–C) groups is 1. The average molecular weight is 520 g/mol. The molecule has 7 nitrogen and oxygen atoms in total. The summed E-state index contributed by atoms with van der Waals surface area (Å²) in [4.78, 5) is 8.66. The Morgan fingerprint density at radius 3 is 2.53 bits per heavy atom. The van der Waals surface area contributed by atoms with E-state index in [2.05, 4.69) is 64.9 Å². The van der Waals surface area contributed by atoms with Crippen molar-refractivity contribution in [3.05, 3.63) is 71.8 Å². The van der Waals surface area contributed by atoms with Crippen LogP contribution in [0.15, 0.2) is 60.1 Å². The smallest absolute Gasteiger partial charge is 0.191 e. The normalized spacial score (nSPS) is 11.0. The van der Waals surface area contributed by atoms with Gasteiger partial charge in [0.1, 0.15) is 18.4 Å². The minimum Gasteiger partial charge on any atom is -0.496 e. The molecule has 0 saturated carbocycles. The number of hydrogen-bond donors (Lipinski definition) is 2. The predicted octanol–water partition coefficient (Wildman–Crippen LogP) is 3.50. The summed E-state index contributed by atoms with van der Waals surface area (Å²) < 4.78 is 7.14. The summed E-state index contributed by atoms with van der Waals surface area (Å²) in [6, 6.07) is 14.5. The molecule has 0 radical (unpaired) electrons. The fourth-order valence-electron chi connectivity index (χ4n) is 2.95. The maximum absolute atomic E-state index is 5.41. The monoisotopic (exact) mass is 520 g/mol. The summed E-state index contributed by atoms with van der Waals surface area (Å²) in [5, 5.41) is 10.8. The van der Waals surface area contributed by atoms with E-state index in [-0.39, 0.29) is 24.0 Å². The van der Waals surface area contributed by atoms with Gasteiger partial charge in [-0.15, -0.1) is 24.0 Å². The van der Waals surface area contributed by atoms with Gasteiger partial charge in [-0.25, -0.2) is 14.7 Å². The molecule has 0 amide bonds. The largest absolute Gasteiger partial charge is 0.496 e. The highest BCUT2D eigenvalue weighted by Crippen LogP contribution is 2.19. The Labute approximate surface area is 195 Å². The van der Waals surface area contributed by atoms with Gasteiger partial charge in [0.05, 0.1) is 19.3 Å². The Kier molecular flexibility index (Phi) is 9.59. The van der Waals surface area contributed by atoms with Crippen molar-refractivity contribution in [2.24, 2.45) is 4.99 Å². The SMILES string of the molecule is CCNC(=NCc1ccc(-n2cncn2)cc1)NCCc1ccc(C)c(OC)c1.I. The Morgan fingerprint density at radius 2 is 1.87 bits per heavy atom. The summed E-state index contributed by atoms with van der Waals surface area (Å²) in [6.07, 6.45) is 4.11. The van der Waals surface area contributed by atoms with Crippen LogP contribution in [0.25, 0.3) is 5.69 Å². The van der Waals surface area contributed by atoms with Crippen molar-refractivity contribution in [2.75, 3.05) is 20.2 Å². The molecular weight excluding hydrogens is 491 g/mol. The summed E-state index contributed by atoms with van der Waals surface area (Å²) >= 11 is 0. The zero-order valence-electron chi connectivity index (χ0n) is 17.6. The lowest BCUT2D eigenvalue weighted by atomic mass is 10.1. The zero-order chi connectivity index (χ0) is 20.5. The van der Waals surface area contributed by atoms with Gasteiger partial charge in [-0.2, -0.15) is 5.10 Å². The van der Waals surface area contributed by atoms with E-state index in [1.54, 1.807) is 18.1 Å². The van der Waals surface area contributed by atoms with Crippen LogP contribution in [0.4, 0.5) is 0 Å². The third kappa shape index (κ3) is 6.72. The molecule has 0 saturated heterocycles. The van der Waals surface area contributed by atoms with Gasteiger partial charge in [0.15, 0.2) is 5.96 Å². The molecule has 2 N–H and O–H groups in total. The molecule has 0 unspecified atom stereocenters. The Bertz CT molecular complexity index is 925. The molecule has 0 aliphatic heterocycles. The molecule has 0 fully saturated rings. The second kappa shape index (κ2) is 12.2. The van der Waals surface area contributed by atoms with E-state index in [0.717, 1.165) is 48.0 Å². The Morgan fingerprint density at radius 1 is 1.10 bits per heavy atom. The number of hydrogen-bond acceptors (Lipinski definition) is 4. The van der Waals surface area contributed by atoms with Crippen LogP contribution in [0.5, 0.6) is 5.75 Å². The number of nitrogens with one attached hydrogen (secondary N) is 2. The van der Waals surface area contributed by atoms with Crippen molar-refractivity contribution in [3.63, 3.8) is 0 Å². The van der Waals surface area contributed by atoms with E-state index in [9.17, 15) is 0 Å². The lowest BCUT2D eigenvalue weighted by Gasteiger charge is -2.12. The molecule has 3 aromatic rings. The van der Waals surface area contributed by atoms with Crippen LogP contribution in [-0.2, 0) is 13.0 Å². The van der Waals surface area contributed by atoms with E-state index in [4.69, 9.17) is 9.73 Å². The number of aryl methyl sites for hydroxylation is 1. The summed E-state index contributed by atoms with van der Waals surface area (Å²) in [5.74, 6) is 1.74. The minimum atomic E-state index is 0. The van der Waals surface area contributed by atoms with E-state index >= 15 is 0 Å². The molecular formula is C22H29IN6O. The molecule has 8 heteroatoms. The number of ether oxygens (including phenoxy) is 1. The molecule has 0 atom stereocenters. The van der Waals surface area contributed by atoms with Crippen LogP contribution in [0.2, 0.25) is 0 Å². The number of methoxy groups -OCH3 is 1. The lowest BCUT2D eigenvalue weighted by Crippen LogP contribution is -2.38. The second-order valence-corrected chi connectivity index (χ2v) is 6.68. The average Bonchev–Trinajstić information content (AvgIpc) is 3.28. The number of rotatable bonds is 8. The van der Waals surface area contributed by atoms with Gasteiger partial charge in [0.25, 0.3) is 0 Å². The first-order valence-electron chi connectivity index (χ1n) is 9.79. The third-order valence-electron chi connectivity index (χ3n) is 4.56. The first-order valence-corrected chi connectivity index (χ1v) is 9.79. The molecule has 0 bridgehead atoms. The van der Waals surface area contributed by atoms with Gasteiger partial charge in [0.2, 0.25) is 0 Å². The number of aromatic nitrogens is 3. The molecule has 1 heterocycles. The van der Waals surface area contributed by atoms with Crippen molar-refractivity contribution in [1.29, 1.82) is 0 Å². The lowest BCUT2D eigenvalue weighted by molar-refractivity contribution is 0.411. The molecule has 2 aromatic carbocycles. The predicted molar refractivity (Wildman–Crippen MR) is 131 cm³/mol. The quantitative estimate of drug-likeness (QED) is 0.270. The first kappa shape index (κ1) is 23.7. The maximum Gasteiger partial charge on any atom is 0.191 e. The van der Waals surface area contributed by atoms with Gasteiger partial charge in [-0.1, -0.05) is 24.3 Å². The molecule has 160 valence electrons. The fourth-order valence-corrected chi connectivity index (χ4v) is 2.95. The van der Waals surface area contributed by atoms with Crippen LogP contribution in [-0.4, -0.2) is 40.9 Å². The van der Waals surface area contributed by atoms with Crippen LogP contribution >= 0.6 is 24.0 Å². The van der Waals surface area contributed by atoms with Gasteiger partial charge in [-0.05, 0) is 55.2 Å². The highest BCUT2D eigenvalue weighted by Gasteiger charge is 2.03. The van der Waals surface area contributed by atoms with Crippen molar-refractivity contribution in [3.8, 4) is 11.4 Å². The van der Waals surface area contributed by atoms with Crippen molar-refractivity contribution >= 4 is 29.9 Å². The van der Waals surface area contributed by atoms with E-state index < -0.39 is 0 Å². The van der Waals surface area contributed by atoms with E-state index in [0.29, 0.717) is 6.54 Å². The first-order chi connectivity index (χ1) is 14.2. The highest BCUT2D eigenvalue weighted by molar-refractivity contribution is 14.0. The van der Waals surface area contributed by atoms with Gasteiger partial charge >= 0.3 is 0 Å². The van der Waals surface area contributed by atoms with E-state index in [1.165, 1.54) is 11.9 Å². The number of halogens is 1. The molecule has 3 rings (SSSR count). The van der Waals surface area contributed by atoms with Crippen LogP contribution < -0.4 is 15.4 Å². The topological polar surface area (TPSA) is 76.4 Å². The molecule has 1 aromatic heterocycles. The molecule has 30 heavy (non-hydrogen) atoms. The fraction of sp³-hybridized carbons (Fsp3) is 0.318. The van der Waals surface area contributed by atoms with Crippen molar-refractivity contribution in [1.82, 2.24) is 25.4 Å². The molecule has 0 spiro atoms. The van der Waals surface area contributed by atoms with Gasteiger partial charge < -0.3 is 15.4 Å². The summed E-state index contributed by atoms with van der Waals surface area (Å²) in [7, 11) is 1.71. The maximum atomic E-state index is 5.41. The minimum absolute atomic E-state index is 0. The van der Waals surface area contributed by atoms with E-state index in [1.807, 2.05) is 12.1 Å². The second-order valence-electron chi connectivity index (χ2n) is 6.68. The Balaban J connectivity index is 0.00000320. The van der Waals surface area contributed by atoms with Crippen LogP contribution in [0.1, 0.15) is 23.6 Å². The van der Waals surface area contributed by atoms with Crippen LogP contribution in [0.3, 0.4) is 0 Å². The van der Waals surface area contributed by atoms with Gasteiger partial charge in [0, 0.05) is 13.1 Å². The molecule has 0 aliphatic rings. The Hall–Kier alpha value is -2.62. The highest BCUT2D eigenvalue weighted by atomic mass is 127.